The van der Waals surface area contributed by atoms with Crippen LogP contribution in [0.25, 0.3) is 11.3 Å². The zero-order chi connectivity index (χ0) is 15.6. The fourth-order valence-corrected chi connectivity index (χ4v) is 3.31. The topological polar surface area (TPSA) is 79.5 Å². The molecule has 8 heteroatoms. The standard InChI is InChI=1S/C14H18N4O3S/c1-22(19,20)18-8-6-17(7-9-18)11-13-10-14(16-21-13)12-2-4-15-5-3-12/h2-5,10H,6-9,11H2,1H3. The van der Waals surface area contributed by atoms with Crippen LogP contribution >= 0.6 is 0 Å². The molecule has 3 rings (SSSR count). The smallest absolute Gasteiger partial charge is 0.211 e. The molecule has 3 heterocycles. The van der Waals surface area contributed by atoms with Gasteiger partial charge in [0.25, 0.3) is 0 Å². The van der Waals surface area contributed by atoms with Crippen molar-refractivity contribution in [3.8, 4) is 11.3 Å². The van der Waals surface area contributed by atoms with E-state index in [-0.39, 0.29) is 0 Å². The van der Waals surface area contributed by atoms with Gasteiger partial charge in [0.2, 0.25) is 10.0 Å². The predicted molar refractivity (Wildman–Crippen MR) is 81.4 cm³/mol. The molecule has 2 aromatic rings. The number of sulfonamides is 1. The number of pyridine rings is 1. The van der Waals surface area contributed by atoms with Crippen LogP contribution in [0, 0.1) is 0 Å². The van der Waals surface area contributed by atoms with Crippen LogP contribution in [0.1, 0.15) is 5.76 Å². The Labute approximate surface area is 129 Å². The highest BCUT2D eigenvalue weighted by Crippen LogP contribution is 2.19. The first-order valence-corrected chi connectivity index (χ1v) is 8.91. The van der Waals surface area contributed by atoms with Gasteiger partial charge in [-0.3, -0.25) is 9.88 Å². The summed E-state index contributed by atoms with van der Waals surface area (Å²) in [5.41, 5.74) is 1.75. The molecular weight excluding hydrogens is 304 g/mol. The molecule has 1 saturated heterocycles. The Morgan fingerprint density at radius 3 is 2.50 bits per heavy atom. The summed E-state index contributed by atoms with van der Waals surface area (Å²) < 4.78 is 29.8. The summed E-state index contributed by atoms with van der Waals surface area (Å²) in [6.07, 6.45) is 4.68. The van der Waals surface area contributed by atoms with Crippen molar-refractivity contribution in [1.82, 2.24) is 19.3 Å². The van der Waals surface area contributed by atoms with Gasteiger partial charge in [-0.05, 0) is 12.1 Å². The van der Waals surface area contributed by atoms with E-state index in [4.69, 9.17) is 4.52 Å². The molecule has 0 atom stereocenters. The number of piperazine rings is 1. The van der Waals surface area contributed by atoms with E-state index in [0.717, 1.165) is 17.0 Å². The van der Waals surface area contributed by atoms with Crippen molar-refractivity contribution in [2.75, 3.05) is 32.4 Å². The monoisotopic (exact) mass is 322 g/mol. The molecule has 0 aliphatic carbocycles. The second-order valence-electron chi connectivity index (χ2n) is 5.35. The second kappa shape index (κ2) is 6.15. The minimum absolute atomic E-state index is 0.518. The SMILES string of the molecule is CS(=O)(=O)N1CCN(Cc2cc(-c3ccncc3)no2)CC1. The Hall–Kier alpha value is -1.77. The van der Waals surface area contributed by atoms with E-state index in [2.05, 4.69) is 15.0 Å². The molecule has 0 unspecified atom stereocenters. The third-order valence-electron chi connectivity index (χ3n) is 3.71. The normalized spacial score (nSPS) is 17.7. The molecule has 0 saturated carbocycles. The van der Waals surface area contributed by atoms with E-state index >= 15 is 0 Å². The van der Waals surface area contributed by atoms with Crippen LogP contribution in [-0.4, -0.2) is 60.2 Å². The molecule has 0 radical (unpaired) electrons. The van der Waals surface area contributed by atoms with Crippen LogP contribution in [0.3, 0.4) is 0 Å². The van der Waals surface area contributed by atoms with E-state index in [0.29, 0.717) is 32.7 Å². The summed E-state index contributed by atoms with van der Waals surface area (Å²) in [6.45, 7) is 3.06. The van der Waals surface area contributed by atoms with Gasteiger partial charge in [-0.25, -0.2) is 8.42 Å². The molecule has 118 valence electrons. The van der Waals surface area contributed by atoms with Crippen molar-refractivity contribution in [2.45, 2.75) is 6.54 Å². The van der Waals surface area contributed by atoms with Gasteiger partial charge in [0.05, 0.1) is 12.8 Å². The first-order chi connectivity index (χ1) is 10.5. The van der Waals surface area contributed by atoms with Crippen LogP contribution < -0.4 is 0 Å². The molecule has 1 aliphatic rings. The molecule has 0 amide bonds. The first kappa shape index (κ1) is 15.1. The highest BCUT2D eigenvalue weighted by atomic mass is 32.2. The lowest BCUT2D eigenvalue weighted by molar-refractivity contribution is 0.166. The van der Waals surface area contributed by atoms with Crippen LogP contribution in [0.15, 0.2) is 35.1 Å². The Balaban J connectivity index is 1.60. The quantitative estimate of drug-likeness (QED) is 0.829. The summed E-state index contributed by atoms with van der Waals surface area (Å²) in [5, 5.41) is 4.07. The number of rotatable bonds is 4. The third-order valence-corrected chi connectivity index (χ3v) is 5.02. The maximum absolute atomic E-state index is 11.5. The van der Waals surface area contributed by atoms with Crippen molar-refractivity contribution in [2.24, 2.45) is 0 Å². The van der Waals surface area contributed by atoms with E-state index in [1.165, 1.54) is 10.6 Å². The minimum atomic E-state index is -3.09. The van der Waals surface area contributed by atoms with Gasteiger partial charge in [-0.2, -0.15) is 4.31 Å². The van der Waals surface area contributed by atoms with Crippen LogP contribution in [0.4, 0.5) is 0 Å². The van der Waals surface area contributed by atoms with Gasteiger partial charge in [0, 0.05) is 50.2 Å². The zero-order valence-corrected chi connectivity index (χ0v) is 13.2. The van der Waals surface area contributed by atoms with Crippen molar-refractivity contribution in [3.05, 3.63) is 36.4 Å². The molecule has 7 nitrogen and oxygen atoms in total. The van der Waals surface area contributed by atoms with Crippen LogP contribution in [0.5, 0.6) is 0 Å². The summed E-state index contributed by atoms with van der Waals surface area (Å²) in [6, 6.07) is 5.68. The first-order valence-electron chi connectivity index (χ1n) is 7.06. The zero-order valence-electron chi connectivity index (χ0n) is 12.3. The third kappa shape index (κ3) is 3.52. The average Bonchev–Trinajstić information content (AvgIpc) is 2.96. The van der Waals surface area contributed by atoms with Crippen LogP contribution in [0.2, 0.25) is 0 Å². The van der Waals surface area contributed by atoms with Gasteiger partial charge in [-0.1, -0.05) is 5.16 Å². The molecule has 2 aromatic heterocycles. The molecule has 0 spiro atoms. The highest BCUT2D eigenvalue weighted by molar-refractivity contribution is 7.88. The summed E-state index contributed by atoms with van der Waals surface area (Å²) in [4.78, 5) is 6.14. The summed E-state index contributed by atoms with van der Waals surface area (Å²) in [7, 11) is -3.09. The number of aromatic nitrogens is 2. The van der Waals surface area contributed by atoms with Crippen LogP contribution in [-0.2, 0) is 16.6 Å². The Bertz CT molecular complexity index is 722. The maximum Gasteiger partial charge on any atom is 0.211 e. The fraction of sp³-hybridized carbons (Fsp3) is 0.429. The second-order valence-corrected chi connectivity index (χ2v) is 7.33. The molecule has 0 bridgehead atoms. The fourth-order valence-electron chi connectivity index (χ4n) is 2.49. The molecule has 1 fully saturated rings. The molecular formula is C14H18N4O3S. The Morgan fingerprint density at radius 2 is 1.86 bits per heavy atom. The van der Waals surface area contributed by atoms with Gasteiger partial charge in [0.15, 0.2) is 5.76 Å². The van der Waals surface area contributed by atoms with E-state index in [9.17, 15) is 8.42 Å². The number of hydrogen-bond donors (Lipinski definition) is 0. The number of nitrogens with zero attached hydrogens (tertiary/aromatic N) is 4. The highest BCUT2D eigenvalue weighted by Gasteiger charge is 2.24. The molecule has 0 N–H and O–H groups in total. The lowest BCUT2D eigenvalue weighted by Gasteiger charge is -2.32. The van der Waals surface area contributed by atoms with Gasteiger partial charge in [0.1, 0.15) is 5.69 Å². The largest absolute Gasteiger partial charge is 0.359 e. The van der Waals surface area contributed by atoms with Gasteiger partial charge < -0.3 is 4.52 Å². The predicted octanol–water partition coefficient (Wildman–Crippen LogP) is 0.814. The maximum atomic E-state index is 11.5. The summed E-state index contributed by atoms with van der Waals surface area (Å²) >= 11 is 0. The molecule has 22 heavy (non-hydrogen) atoms. The van der Waals surface area contributed by atoms with Crippen molar-refractivity contribution in [1.29, 1.82) is 0 Å². The lowest BCUT2D eigenvalue weighted by atomic mass is 10.2. The van der Waals surface area contributed by atoms with E-state index in [1.54, 1.807) is 12.4 Å². The molecule has 1 aliphatic heterocycles. The van der Waals surface area contributed by atoms with Gasteiger partial charge >= 0.3 is 0 Å². The molecule has 0 aromatic carbocycles. The lowest BCUT2D eigenvalue weighted by Crippen LogP contribution is -2.47. The Kier molecular flexibility index (Phi) is 4.23. The minimum Gasteiger partial charge on any atom is -0.359 e. The Morgan fingerprint density at radius 1 is 1.18 bits per heavy atom. The van der Waals surface area contributed by atoms with Crippen molar-refractivity contribution < 1.29 is 12.9 Å². The van der Waals surface area contributed by atoms with E-state index in [1.807, 2.05) is 18.2 Å². The average molecular weight is 322 g/mol. The van der Waals surface area contributed by atoms with E-state index < -0.39 is 10.0 Å². The van der Waals surface area contributed by atoms with Gasteiger partial charge in [-0.15, -0.1) is 0 Å². The summed E-state index contributed by atoms with van der Waals surface area (Å²) in [5.74, 6) is 0.777. The number of hydrogen-bond acceptors (Lipinski definition) is 6. The van der Waals surface area contributed by atoms with Crippen molar-refractivity contribution in [3.63, 3.8) is 0 Å². The van der Waals surface area contributed by atoms with Crippen molar-refractivity contribution >= 4 is 10.0 Å².